The number of ether oxygens (including phenoxy) is 2. The van der Waals surface area contributed by atoms with Crippen molar-refractivity contribution in [2.45, 2.75) is 0 Å². The Kier molecular flexibility index (Phi) is 26.7. The van der Waals surface area contributed by atoms with Crippen molar-refractivity contribution in [2.75, 3.05) is 40.6 Å². The molecule has 0 amide bonds. The summed E-state index contributed by atoms with van der Waals surface area (Å²) in [5.41, 5.74) is 0. The minimum atomic E-state index is -2.88. The Bertz CT molecular complexity index is 144. The Morgan fingerprint density at radius 1 is 1.00 bits per heavy atom. The van der Waals surface area contributed by atoms with Crippen LogP contribution in [0.3, 0.4) is 0 Å². The molecule has 0 aromatic heterocycles. The van der Waals surface area contributed by atoms with Gasteiger partial charge in [0.05, 0.1) is 13.2 Å². The molecule has 0 aromatic carbocycles. The molecule has 0 N–H and O–H groups in total. The van der Waals surface area contributed by atoms with Gasteiger partial charge in [-0.05, 0) is 0 Å². The van der Waals surface area contributed by atoms with E-state index in [1.807, 2.05) is 0 Å². The molecular weight excluding hydrogens is 241 g/mol. The second-order valence-electron chi connectivity index (χ2n) is 2.06. The predicted molar refractivity (Wildman–Crippen MR) is 44.3 cm³/mol. The first-order chi connectivity index (χ1) is 6.31. The standard InChI is InChI=1S/C3H8O3.C3H7O2.Al.2Na.O.H/c1-5-2-3-6-4;1-5-3-2-4;;;;;/h4H,2-3H2,1H3;2-3H2,1H3;;;;;/q;-1;3*+1;;-1/p-1. The SMILES string of the molecule is COCCO[O][Al-](=[O])[O]CCOC.[H-].[Na+].[Na+]. The second kappa shape index (κ2) is 18.2. The number of hydrogen-bond donors (Lipinski definition) is 0. The molecule has 0 atom stereocenters. The van der Waals surface area contributed by atoms with Crippen LogP contribution < -0.4 is 59.1 Å². The van der Waals surface area contributed by atoms with Crippen LogP contribution in [0.2, 0.25) is 0 Å². The average molecular weight is 256 g/mol. The van der Waals surface area contributed by atoms with Crippen LogP contribution in [0.15, 0.2) is 0 Å². The van der Waals surface area contributed by atoms with Crippen molar-refractivity contribution < 1.29 is 86.4 Å². The van der Waals surface area contributed by atoms with Crippen LogP contribution in [0, 0.1) is 0 Å². The van der Waals surface area contributed by atoms with Gasteiger partial charge < -0.3 is 22.4 Å². The molecule has 0 bridgehead atoms. The Balaban J connectivity index is -0.000000240. The molecule has 0 spiro atoms. The molecule has 0 fully saturated rings. The largest absolute Gasteiger partial charge is 1.00 e. The monoisotopic (exact) mass is 256 g/mol. The maximum Gasteiger partial charge on any atom is 1.00 e. The Hall–Kier alpha value is 1.81. The third kappa shape index (κ3) is 18.4. The van der Waals surface area contributed by atoms with Crippen molar-refractivity contribution in [3.8, 4) is 0 Å². The maximum atomic E-state index is 10.8. The zero-order valence-electron chi connectivity index (χ0n) is 10.9. The summed E-state index contributed by atoms with van der Waals surface area (Å²) in [7, 11) is 3.06. The van der Waals surface area contributed by atoms with Gasteiger partial charge in [0.25, 0.3) is 0 Å². The first kappa shape index (κ1) is 22.0. The van der Waals surface area contributed by atoms with Gasteiger partial charge in [0.2, 0.25) is 0 Å². The third-order valence-corrected chi connectivity index (χ3v) is 1.86. The van der Waals surface area contributed by atoms with E-state index in [1.54, 1.807) is 0 Å². The molecule has 0 aliphatic heterocycles. The first-order valence-corrected chi connectivity index (χ1v) is 5.26. The van der Waals surface area contributed by atoms with Gasteiger partial charge >= 0.3 is 73.9 Å². The van der Waals surface area contributed by atoms with Crippen LogP contribution in [0.4, 0.5) is 0 Å². The topological polar surface area (TPSA) is 63.2 Å². The zero-order chi connectivity index (χ0) is 9.94. The number of rotatable bonds is 9. The fraction of sp³-hybridized carbons (Fsp3) is 1.00. The fourth-order valence-corrected chi connectivity index (χ4v) is 1.03. The Morgan fingerprint density at radius 3 is 2.07 bits per heavy atom. The summed E-state index contributed by atoms with van der Waals surface area (Å²) in [5, 5.41) is 0. The van der Waals surface area contributed by atoms with Gasteiger partial charge in [0.15, 0.2) is 0 Å². The van der Waals surface area contributed by atoms with E-state index in [9.17, 15) is 3.80 Å². The van der Waals surface area contributed by atoms with E-state index < -0.39 is 14.8 Å². The van der Waals surface area contributed by atoms with Crippen molar-refractivity contribution in [3.05, 3.63) is 0 Å². The van der Waals surface area contributed by atoms with Gasteiger partial charge in [0, 0.05) is 20.8 Å². The summed E-state index contributed by atoms with van der Waals surface area (Å²) in [5.74, 6) is 0. The molecular formula is C6H15AlNa2O6. The van der Waals surface area contributed by atoms with Crippen LogP contribution in [-0.4, -0.2) is 55.4 Å². The van der Waals surface area contributed by atoms with Gasteiger partial charge in [-0.2, -0.15) is 0 Å². The minimum absolute atomic E-state index is 0. The molecule has 0 saturated heterocycles. The molecule has 0 rings (SSSR count). The van der Waals surface area contributed by atoms with E-state index in [-0.39, 0.29) is 73.8 Å². The van der Waals surface area contributed by atoms with Gasteiger partial charge in [-0.1, -0.05) is 0 Å². The second-order valence-corrected chi connectivity index (χ2v) is 3.17. The van der Waals surface area contributed by atoms with Crippen LogP contribution >= 0.6 is 0 Å². The molecule has 0 heterocycles. The van der Waals surface area contributed by atoms with Crippen LogP contribution in [-0.2, 0) is 25.9 Å². The van der Waals surface area contributed by atoms with Crippen LogP contribution in [0.25, 0.3) is 0 Å². The summed E-state index contributed by atoms with van der Waals surface area (Å²) in [6, 6.07) is 0. The average Bonchev–Trinajstić information content (AvgIpc) is 2.13. The van der Waals surface area contributed by atoms with Gasteiger partial charge in [0.1, 0.15) is 6.61 Å². The summed E-state index contributed by atoms with van der Waals surface area (Å²) in [4.78, 5) is 4.52. The fourth-order valence-electron chi connectivity index (χ4n) is 0.476. The summed E-state index contributed by atoms with van der Waals surface area (Å²) in [6.45, 7) is 1.24. The molecule has 0 saturated carbocycles. The minimum Gasteiger partial charge on any atom is -1.00 e. The molecule has 0 aliphatic carbocycles. The van der Waals surface area contributed by atoms with E-state index >= 15 is 0 Å². The van der Waals surface area contributed by atoms with E-state index in [0.717, 1.165) is 0 Å². The van der Waals surface area contributed by atoms with E-state index in [0.29, 0.717) is 13.2 Å². The van der Waals surface area contributed by atoms with Crippen LogP contribution in [0.5, 0.6) is 0 Å². The van der Waals surface area contributed by atoms with E-state index in [2.05, 4.69) is 18.3 Å². The van der Waals surface area contributed by atoms with Crippen LogP contribution in [0.1, 0.15) is 1.43 Å². The summed E-state index contributed by atoms with van der Waals surface area (Å²) in [6.07, 6.45) is 0. The third-order valence-electron chi connectivity index (χ3n) is 1.06. The number of hydrogen-bond acceptors (Lipinski definition) is 6. The zero-order valence-corrected chi connectivity index (χ0v) is 15.0. The smallest absolute Gasteiger partial charge is 1.00 e. The molecule has 80 valence electrons. The maximum absolute atomic E-state index is 10.8. The Labute approximate surface area is 140 Å². The van der Waals surface area contributed by atoms with Crippen molar-refractivity contribution in [1.82, 2.24) is 0 Å². The van der Waals surface area contributed by atoms with Gasteiger partial charge in [-0.15, -0.1) is 0 Å². The van der Waals surface area contributed by atoms with Crippen molar-refractivity contribution >= 4 is 14.8 Å². The molecule has 0 unspecified atom stereocenters. The van der Waals surface area contributed by atoms with E-state index in [1.165, 1.54) is 14.2 Å². The normalized spacial score (nSPS) is 8.40. The summed E-state index contributed by atoms with van der Waals surface area (Å²) < 4.78 is 29.3. The molecule has 0 aromatic rings. The summed E-state index contributed by atoms with van der Waals surface area (Å²) >= 11 is -2.88. The van der Waals surface area contributed by atoms with Gasteiger partial charge in [-0.3, -0.25) is 4.89 Å². The molecule has 6 nitrogen and oxygen atoms in total. The molecule has 9 heteroatoms. The molecule has 0 aliphatic rings. The van der Waals surface area contributed by atoms with Crippen molar-refractivity contribution in [2.24, 2.45) is 0 Å². The van der Waals surface area contributed by atoms with Crippen molar-refractivity contribution in [3.63, 3.8) is 0 Å². The molecule has 15 heavy (non-hydrogen) atoms. The van der Waals surface area contributed by atoms with Gasteiger partial charge in [-0.25, -0.2) is 0 Å². The quantitative estimate of drug-likeness (QED) is 0.177. The van der Waals surface area contributed by atoms with Crippen molar-refractivity contribution in [1.29, 1.82) is 0 Å². The Morgan fingerprint density at radius 2 is 1.53 bits per heavy atom. The predicted octanol–water partition coefficient (Wildman–Crippen LogP) is -6.22. The first-order valence-electron chi connectivity index (χ1n) is 3.84. The number of methoxy groups -OCH3 is 2. The van der Waals surface area contributed by atoms with E-state index in [4.69, 9.17) is 3.79 Å². The molecule has 0 radical (unpaired) electrons.